The maximum Gasteiger partial charge on any atom is 0.377 e. The van der Waals surface area contributed by atoms with Gasteiger partial charge < -0.3 is 19.7 Å². The molecule has 0 spiro atoms. The molecule has 0 unspecified atom stereocenters. The van der Waals surface area contributed by atoms with Gasteiger partial charge in [-0.2, -0.15) is 0 Å². The second-order valence-electron chi connectivity index (χ2n) is 3.01. The van der Waals surface area contributed by atoms with Crippen molar-refractivity contribution in [2.24, 2.45) is 0 Å². The first kappa shape index (κ1) is 12.6. The van der Waals surface area contributed by atoms with Gasteiger partial charge in [-0.1, -0.05) is 22.6 Å². The zero-order valence-electron chi connectivity index (χ0n) is 8.11. The molecule has 0 bridgehead atoms. The van der Waals surface area contributed by atoms with Crippen LogP contribution >= 0.6 is 22.6 Å². The lowest BCUT2D eigenvalue weighted by Gasteiger charge is -2.12. The van der Waals surface area contributed by atoms with E-state index in [0.717, 1.165) is 10.8 Å². The zero-order valence-corrected chi connectivity index (χ0v) is 10.3. The van der Waals surface area contributed by atoms with Crippen LogP contribution in [-0.4, -0.2) is 39.9 Å². The van der Waals surface area contributed by atoms with Crippen molar-refractivity contribution in [1.82, 2.24) is 0 Å². The molecule has 1 atom stereocenters. The number of ether oxygens (including phenoxy) is 2. The average Bonchev–Trinajstić information content (AvgIpc) is 2.47. The largest absolute Gasteiger partial charge is 0.499 e. The maximum atomic E-state index is 11.0. The molecule has 0 amide bonds. The molecule has 5 nitrogen and oxygen atoms in total. The number of carbonyl (C=O) groups is 1. The maximum absolute atomic E-state index is 11.0. The van der Waals surface area contributed by atoms with Crippen LogP contribution in [0.15, 0.2) is 11.5 Å². The van der Waals surface area contributed by atoms with E-state index >= 15 is 0 Å². The minimum absolute atomic E-state index is 0.121. The second kappa shape index (κ2) is 6.16. The number of alkyl halides is 1. The van der Waals surface area contributed by atoms with E-state index in [1.165, 1.54) is 0 Å². The third kappa shape index (κ3) is 3.23. The monoisotopic (exact) mass is 328 g/mol. The molecular formula is C9H13IO5. The summed E-state index contributed by atoms with van der Waals surface area (Å²) in [5.74, 6) is -1.10. The number of aliphatic hydroxyl groups excluding tert-OH is 2. The van der Waals surface area contributed by atoms with Crippen molar-refractivity contribution in [3.05, 3.63) is 11.5 Å². The highest BCUT2D eigenvalue weighted by Crippen LogP contribution is 2.24. The molecule has 6 heteroatoms. The molecule has 1 rings (SSSR count). The van der Waals surface area contributed by atoms with Gasteiger partial charge in [0.25, 0.3) is 0 Å². The molecule has 1 aliphatic rings. The molecule has 0 aromatic heterocycles. The van der Waals surface area contributed by atoms with Crippen LogP contribution in [0.4, 0.5) is 0 Å². The highest BCUT2D eigenvalue weighted by Gasteiger charge is 2.35. The molecule has 0 aromatic rings. The molecule has 15 heavy (non-hydrogen) atoms. The summed E-state index contributed by atoms with van der Waals surface area (Å²) in [5, 5.41) is 18.1. The molecule has 0 fully saturated rings. The summed E-state index contributed by atoms with van der Waals surface area (Å²) in [4.78, 5) is 11.0. The fraction of sp³-hybridized carbons (Fsp3) is 0.667. The van der Waals surface area contributed by atoms with Crippen molar-refractivity contribution in [1.29, 1.82) is 0 Å². The standard InChI is InChI=1S/C9H13IO5/c10-3-1-5-14-8-6(2-4-11)15-9(13)7(8)12/h6,11-12H,1-5H2/t6-/m1/s1. The van der Waals surface area contributed by atoms with Crippen LogP contribution < -0.4 is 0 Å². The van der Waals surface area contributed by atoms with Crippen molar-refractivity contribution in [2.75, 3.05) is 17.6 Å². The van der Waals surface area contributed by atoms with E-state index in [1.54, 1.807) is 0 Å². The van der Waals surface area contributed by atoms with E-state index in [2.05, 4.69) is 22.6 Å². The lowest BCUT2D eigenvalue weighted by molar-refractivity contribution is -0.142. The summed E-state index contributed by atoms with van der Waals surface area (Å²) >= 11 is 2.21. The van der Waals surface area contributed by atoms with Gasteiger partial charge in [0.15, 0.2) is 11.9 Å². The lowest BCUT2D eigenvalue weighted by atomic mass is 10.2. The van der Waals surface area contributed by atoms with E-state index in [1.807, 2.05) is 0 Å². The Morgan fingerprint density at radius 3 is 2.87 bits per heavy atom. The molecule has 86 valence electrons. The summed E-state index contributed by atoms with van der Waals surface area (Å²) in [5.41, 5.74) is 0. The number of carbonyl (C=O) groups excluding carboxylic acids is 1. The molecule has 0 radical (unpaired) electrons. The van der Waals surface area contributed by atoms with Gasteiger partial charge >= 0.3 is 5.97 Å². The number of hydrogen-bond donors (Lipinski definition) is 2. The molecule has 1 heterocycles. The van der Waals surface area contributed by atoms with Crippen LogP contribution in [0.5, 0.6) is 0 Å². The minimum Gasteiger partial charge on any atom is -0.499 e. The first-order chi connectivity index (χ1) is 7.20. The number of rotatable bonds is 6. The molecule has 1 aliphatic heterocycles. The van der Waals surface area contributed by atoms with Gasteiger partial charge in [-0.15, -0.1) is 0 Å². The quantitative estimate of drug-likeness (QED) is 0.328. The van der Waals surface area contributed by atoms with Gasteiger partial charge in [-0.05, 0) is 6.42 Å². The Bertz CT molecular complexity index is 263. The highest BCUT2D eigenvalue weighted by molar-refractivity contribution is 14.1. The first-order valence-electron chi connectivity index (χ1n) is 4.64. The van der Waals surface area contributed by atoms with Crippen LogP contribution in [0.1, 0.15) is 12.8 Å². The first-order valence-corrected chi connectivity index (χ1v) is 6.17. The molecule has 0 aliphatic carbocycles. The van der Waals surface area contributed by atoms with Crippen LogP contribution in [0.25, 0.3) is 0 Å². The predicted molar refractivity (Wildman–Crippen MR) is 60.7 cm³/mol. The van der Waals surface area contributed by atoms with Crippen molar-refractivity contribution in [3.8, 4) is 0 Å². The van der Waals surface area contributed by atoms with E-state index < -0.39 is 17.8 Å². The molecular weight excluding hydrogens is 315 g/mol. The number of cyclic esters (lactones) is 1. The third-order valence-electron chi connectivity index (χ3n) is 1.90. The molecule has 2 N–H and O–H groups in total. The molecule has 0 aromatic carbocycles. The van der Waals surface area contributed by atoms with Gasteiger partial charge in [0, 0.05) is 17.5 Å². The average molecular weight is 328 g/mol. The summed E-state index contributed by atoms with van der Waals surface area (Å²) in [6.45, 7) is 0.311. The number of esters is 1. The smallest absolute Gasteiger partial charge is 0.377 e. The van der Waals surface area contributed by atoms with Gasteiger partial charge in [-0.25, -0.2) is 4.79 Å². The molecule has 0 saturated heterocycles. The Balaban J connectivity index is 2.57. The SMILES string of the molecule is O=C1O[C@H](CCO)C(OCCCI)=C1O. The van der Waals surface area contributed by atoms with Crippen LogP contribution in [-0.2, 0) is 14.3 Å². The van der Waals surface area contributed by atoms with Crippen molar-refractivity contribution >= 4 is 28.6 Å². The summed E-state index contributed by atoms with van der Waals surface area (Å²) in [6.07, 6.45) is 0.434. The van der Waals surface area contributed by atoms with Gasteiger partial charge in [0.1, 0.15) is 0 Å². The number of halogens is 1. The van der Waals surface area contributed by atoms with E-state index in [0.29, 0.717) is 6.61 Å². The minimum atomic E-state index is -0.780. The van der Waals surface area contributed by atoms with Crippen LogP contribution in [0, 0.1) is 0 Å². The Hall–Kier alpha value is -0.500. The van der Waals surface area contributed by atoms with Gasteiger partial charge in [0.2, 0.25) is 5.76 Å². The topological polar surface area (TPSA) is 76.0 Å². The van der Waals surface area contributed by atoms with E-state index in [-0.39, 0.29) is 18.8 Å². The van der Waals surface area contributed by atoms with Crippen molar-refractivity contribution in [3.63, 3.8) is 0 Å². The highest BCUT2D eigenvalue weighted by atomic mass is 127. The molecule has 0 saturated carbocycles. The van der Waals surface area contributed by atoms with Crippen LogP contribution in [0.2, 0.25) is 0 Å². The lowest BCUT2D eigenvalue weighted by Crippen LogP contribution is -2.15. The zero-order chi connectivity index (χ0) is 11.3. The summed E-state index contributed by atoms with van der Waals surface area (Å²) in [7, 11) is 0. The third-order valence-corrected chi connectivity index (χ3v) is 2.66. The van der Waals surface area contributed by atoms with Crippen LogP contribution in [0.3, 0.4) is 0 Å². The fourth-order valence-electron chi connectivity index (χ4n) is 1.20. The van der Waals surface area contributed by atoms with Crippen molar-refractivity contribution < 1.29 is 24.5 Å². The van der Waals surface area contributed by atoms with Gasteiger partial charge in [-0.3, -0.25) is 0 Å². The Kier molecular flexibility index (Phi) is 5.16. The fourth-order valence-corrected chi connectivity index (χ4v) is 1.51. The summed E-state index contributed by atoms with van der Waals surface area (Å²) < 4.78 is 11.0. The second-order valence-corrected chi connectivity index (χ2v) is 4.09. The van der Waals surface area contributed by atoms with E-state index in [9.17, 15) is 9.90 Å². The van der Waals surface area contributed by atoms with Crippen molar-refractivity contribution in [2.45, 2.75) is 18.9 Å². The Morgan fingerprint density at radius 2 is 2.27 bits per heavy atom. The number of hydrogen-bond acceptors (Lipinski definition) is 5. The predicted octanol–water partition coefficient (Wildman–Crippen LogP) is 0.905. The van der Waals surface area contributed by atoms with E-state index in [4.69, 9.17) is 14.6 Å². The Morgan fingerprint density at radius 1 is 1.53 bits per heavy atom. The Labute approximate surface area is 101 Å². The van der Waals surface area contributed by atoms with Gasteiger partial charge in [0.05, 0.1) is 6.61 Å². The number of aliphatic hydroxyl groups is 2. The normalized spacial score (nSPS) is 20.7. The summed E-state index contributed by atoms with van der Waals surface area (Å²) in [6, 6.07) is 0.